The third kappa shape index (κ3) is 4.02. The molecule has 0 unspecified atom stereocenters. The van der Waals surface area contributed by atoms with Crippen LogP contribution in [0.4, 0.5) is 5.82 Å². The van der Waals surface area contributed by atoms with Crippen LogP contribution in [-0.2, 0) is 4.74 Å². The van der Waals surface area contributed by atoms with Gasteiger partial charge in [0.05, 0.1) is 12.2 Å². The van der Waals surface area contributed by atoms with Gasteiger partial charge in [-0.1, -0.05) is 13.8 Å². The van der Waals surface area contributed by atoms with Crippen LogP contribution in [0.25, 0.3) is 0 Å². The van der Waals surface area contributed by atoms with Crippen LogP contribution in [0.1, 0.15) is 38.1 Å². The SMILES string of the molecule is CCOC(=O)c1ccc(N(CC)CC(C)C)nc1. The minimum Gasteiger partial charge on any atom is -0.462 e. The minimum absolute atomic E-state index is 0.316. The molecule has 0 amide bonds. The van der Waals surface area contributed by atoms with Crippen molar-refractivity contribution in [1.29, 1.82) is 0 Å². The van der Waals surface area contributed by atoms with Crippen molar-refractivity contribution in [1.82, 2.24) is 4.98 Å². The van der Waals surface area contributed by atoms with Gasteiger partial charge in [0.1, 0.15) is 5.82 Å². The molecule has 4 heteroatoms. The maximum atomic E-state index is 11.5. The van der Waals surface area contributed by atoms with Gasteiger partial charge < -0.3 is 9.64 Å². The van der Waals surface area contributed by atoms with Crippen LogP contribution in [-0.4, -0.2) is 30.6 Å². The first-order valence-electron chi connectivity index (χ1n) is 6.46. The number of anilines is 1. The van der Waals surface area contributed by atoms with Gasteiger partial charge in [-0.2, -0.15) is 0 Å². The quantitative estimate of drug-likeness (QED) is 0.728. The van der Waals surface area contributed by atoms with E-state index >= 15 is 0 Å². The van der Waals surface area contributed by atoms with E-state index in [-0.39, 0.29) is 5.97 Å². The summed E-state index contributed by atoms with van der Waals surface area (Å²) in [5.41, 5.74) is 0.501. The summed E-state index contributed by atoms with van der Waals surface area (Å²) in [6.07, 6.45) is 1.58. The van der Waals surface area contributed by atoms with Crippen LogP contribution < -0.4 is 4.90 Å². The molecule has 0 bridgehead atoms. The Morgan fingerprint density at radius 3 is 2.56 bits per heavy atom. The monoisotopic (exact) mass is 250 g/mol. The molecule has 0 N–H and O–H groups in total. The molecule has 1 aromatic heterocycles. The van der Waals surface area contributed by atoms with E-state index in [2.05, 4.69) is 30.7 Å². The van der Waals surface area contributed by atoms with E-state index in [1.165, 1.54) is 0 Å². The average Bonchev–Trinajstić information content (AvgIpc) is 2.36. The zero-order valence-electron chi connectivity index (χ0n) is 11.6. The van der Waals surface area contributed by atoms with Gasteiger partial charge in [0.25, 0.3) is 0 Å². The van der Waals surface area contributed by atoms with Crippen molar-refractivity contribution in [2.24, 2.45) is 5.92 Å². The van der Waals surface area contributed by atoms with Crippen LogP contribution in [0.2, 0.25) is 0 Å². The van der Waals surface area contributed by atoms with Crippen molar-refractivity contribution in [3.8, 4) is 0 Å². The molecule has 1 heterocycles. The average molecular weight is 250 g/mol. The summed E-state index contributed by atoms with van der Waals surface area (Å²) in [6, 6.07) is 3.64. The third-order valence-electron chi connectivity index (χ3n) is 2.55. The maximum absolute atomic E-state index is 11.5. The highest BCUT2D eigenvalue weighted by molar-refractivity contribution is 5.89. The van der Waals surface area contributed by atoms with Gasteiger partial charge in [-0.05, 0) is 31.9 Å². The van der Waals surface area contributed by atoms with Gasteiger partial charge in [0.15, 0.2) is 0 Å². The van der Waals surface area contributed by atoms with Crippen molar-refractivity contribution < 1.29 is 9.53 Å². The number of hydrogen-bond donors (Lipinski definition) is 0. The highest BCUT2D eigenvalue weighted by atomic mass is 16.5. The Balaban J connectivity index is 2.77. The second-order valence-corrected chi connectivity index (χ2v) is 4.56. The van der Waals surface area contributed by atoms with E-state index in [1.54, 1.807) is 19.2 Å². The molecule has 4 nitrogen and oxygen atoms in total. The molecule has 0 aliphatic heterocycles. The van der Waals surface area contributed by atoms with Crippen molar-refractivity contribution in [2.75, 3.05) is 24.6 Å². The largest absolute Gasteiger partial charge is 0.462 e. The number of esters is 1. The number of hydrogen-bond acceptors (Lipinski definition) is 4. The molecule has 18 heavy (non-hydrogen) atoms. The second-order valence-electron chi connectivity index (χ2n) is 4.56. The predicted octanol–water partition coefficient (Wildman–Crippen LogP) is 2.74. The highest BCUT2D eigenvalue weighted by Crippen LogP contribution is 2.13. The number of aromatic nitrogens is 1. The normalized spacial score (nSPS) is 10.5. The molecule has 0 aliphatic rings. The molecule has 0 saturated carbocycles. The number of ether oxygens (including phenoxy) is 1. The third-order valence-corrected chi connectivity index (χ3v) is 2.55. The van der Waals surface area contributed by atoms with Crippen LogP contribution in [0.3, 0.4) is 0 Å². The summed E-state index contributed by atoms with van der Waals surface area (Å²) in [5, 5.41) is 0. The number of carbonyl (C=O) groups excluding carboxylic acids is 1. The first-order valence-corrected chi connectivity index (χ1v) is 6.46. The van der Waals surface area contributed by atoms with Gasteiger partial charge >= 0.3 is 5.97 Å². The van der Waals surface area contributed by atoms with Crippen molar-refractivity contribution in [3.63, 3.8) is 0 Å². The number of nitrogens with zero attached hydrogens (tertiary/aromatic N) is 2. The van der Waals surface area contributed by atoms with E-state index in [0.29, 0.717) is 18.1 Å². The summed E-state index contributed by atoms with van der Waals surface area (Å²) in [7, 11) is 0. The first kappa shape index (κ1) is 14.5. The molecular formula is C14H22N2O2. The lowest BCUT2D eigenvalue weighted by Crippen LogP contribution is -2.28. The molecule has 0 radical (unpaired) electrons. The summed E-state index contributed by atoms with van der Waals surface area (Å²) in [4.78, 5) is 18.0. The topological polar surface area (TPSA) is 42.4 Å². The Morgan fingerprint density at radius 2 is 2.11 bits per heavy atom. The van der Waals surface area contributed by atoms with Gasteiger partial charge in [-0.25, -0.2) is 9.78 Å². The van der Waals surface area contributed by atoms with Gasteiger partial charge in [-0.15, -0.1) is 0 Å². The molecular weight excluding hydrogens is 228 g/mol. The summed E-state index contributed by atoms with van der Waals surface area (Å²) in [6.45, 7) is 10.5. The van der Waals surface area contributed by atoms with Crippen molar-refractivity contribution in [2.45, 2.75) is 27.7 Å². The first-order chi connectivity index (χ1) is 8.58. The zero-order chi connectivity index (χ0) is 13.5. The standard InChI is InChI=1S/C14H22N2O2/c1-5-16(10-11(3)4)13-8-7-12(9-15-13)14(17)18-6-2/h7-9,11H,5-6,10H2,1-4H3. The lowest BCUT2D eigenvalue weighted by Gasteiger charge is -2.23. The van der Waals surface area contributed by atoms with E-state index in [1.807, 2.05) is 6.07 Å². The van der Waals surface area contributed by atoms with Crippen LogP contribution >= 0.6 is 0 Å². The fourth-order valence-electron chi connectivity index (χ4n) is 1.73. The van der Waals surface area contributed by atoms with E-state index < -0.39 is 0 Å². The van der Waals surface area contributed by atoms with Gasteiger partial charge in [0.2, 0.25) is 0 Å². The predicted molar refractivity (Wildman–Crippen MR) is 72.9 cm³/mol. The molecule has 100 valence electrons. The molecule has 0 aromatic carbocycles. The molecule has 0 fully saturated rings. The summed E-state index contributed by atoms with van der Waals surface area (Å²) < 4.78 is 4.93. The second kappa shape index (κ2) is 6.99. The Morgan fingerprint density at radius 1 is 1.39 bits per heavy atom. The smallest absolute Gasteiger partial charge is 0.339 e. The fraction of sp³-hybridized carbons (Fsp3) is 0.571. The minimum atomic E-state index is -0.316. The lowest BCUT2D eigenvalue weighted by atomic mass is 10.2. The number of pyridine rings is 1. The van der Waals surface area contributed by atoms with Crippen LogP contribution in [0.5, 0.6) is 0 Å². The maximum Gasteiger partial charge on any atom is 0.339 e. The highest BCUT2D eigenvalue weighted by Gasteiger charge is 2.10. The molecule has 1 rings (SSSR count). The summed E-state index contributed by atoms with van der Waals surface area (Å²) >= 11 is 0. The zero-order valence-corrected chi connectivity index (χ0v) is 11.6. The molecule has 1 aromatic rings. The number of rotatable bonds is 6. The lowest BCUT2D eigenvalue weighted by molar-refractivity contribution is 0.0526. The van der Waals surface area contributed by atoms with E-state index in [9.17, 15) is 4.79 Å². The van der Waals surface area contributed by atoms with E-state index in [4.69, 9.17) is 4.74 Å². The van der Waals surface area contributed by atoms with Crippen molar-refractivity contribution in [3.05, 3.63) is 23.9 Å². The van der Waals surface area contributed by atoms with Crippen LogP contribution in [0, 0.1) is 5.92 Å². The Labute approximate surface area is 109 Å². The fourth-order valence-corrected chi connectivity index (χ4v) is 1.73. The van der Waals surface area contributed by atoms with Gasteiger partial charge in [-0.3, -0.25) is 0 Å². The Bertz CT molecular complexity index is 374. The molecule has 0 saturated heterocycles. The van der Waals surface area contributed by atoms with Crippen LogP contribution in [0.15, 0.2) is 18.3 Å². The molecule has 0 atom stereocenters. The molecule has 0 spiro atoms. The Hall–Kier alpha value is -1.58. The molecule has 0 aliphatic carbocycles. The summed E-state index contributed by atoms with van der Waals surface area (Å²) in [5.74, 6) is 1.17. The number of carbonyl (C=O) groups is 1. The Kier molecular flexibility index (Phi) is 5.62. The van der Waals surface area contributed by atoms with Crippen molar-refractivity contribution >= 4 is 11.8 Å². The van der Waals surface area contributed by atoms with E-state index in [0.717, 1.165) is 18.9 Å². The van der Waals surface area contributed by atoms with Gasteiger partial charge in [0, 0.05) is 19.3 Å².